The molecule has 1 saturated heterocycles. The van der Waals surface area contributed by atoms with Gasteiger partial charge in [0, 0.05) is 19.0 Å². The molecule has 0 unspecified atom stereocenters. The summed E-state index contributed by atoms with van der Waals surface area (Å²) in [7, 11) is 1.63. The first-order valence-electron chi connectivity index (χ1n) is 9.29. The average molecular weight is 369 g/mol. The molecule has 3 N–H and O–H groups in total. The standard InChI is InChI=1S/C21H27N3O3/c1-4-27-20-11-16(17-12-22-23-13-17)8-9-19(20)21(25)24-14(2)15-6-5-7-18(10-15)26-3/h5-11,14,17,22-23H,4,12-13H2,1-3H3,(H,24,25)/t14-/m1/s1. The van der Waals surface area contributed by atoms with Crippen LogP contribution in [0.25, 0.3) is 0 Å². The minimum atomic E-state index is -0.150. The molecule has 0 spiro atoms. The molecule has 1 aliphatic heterocycles. The van der Waals surface area contributed by atoms with Crippen LogP contribution in [0.1, 0.15) is 47.3 Å². The molecule has 1 aliphatic rings. The predicted octanol–water partition coefficient (Wildman–Crippen LogP) is 2.78. The number of carbonyl (C=O) groups excluding carboxylic acids is 1. The van der Waals surface area contributed by atoms with E-state index in [1.54, 1.807) is 7.11 Å². The van der Waals surface area contributed by atoms with E-state index in [2.05, 4.69) is 16.2 Å². The summed E-state index contributed by atoms with van der Waals surface area (Å²) >= 11 is 0. The number of methoxy groups -OCH3 is 1. The Morgan fingerprint density at radius 1 is 1.22 bits per heavy atom. The minimum Gasteiger partial charge on any atom is -0.497 e. The highest BCUT2D eigenvalue weighted by molar-refractivity contribution is 5.97. The Morgan fingerprint density at radius 3 is 2.70 bits per heavy atom. The van der Waals surface area contributed by atoms with Gasteiger partial charge in [-0.05, 0) is 49.2 Å². The number of rotatable bonds is 7. The van der Waals surface area contributed by atoms with Gasteiger partial charge in [-0.15, -0.1) is 0 Å². The molecule has 1 fully saturated rings. The number of nitrogens with one attached hydrogen (secondary N) is 3. The third-order valence-electron chi connectivity index (χ3n) is 4.78. The maximum absolute atomic E-state index is 12.9. The minimum absolute atomic E-state index is 0.148. The molecule has 2 aromatic carbocycles. The Labute approximate surface area is 160 Å². The monoisotopic (exact) mass is 369 g/mol. The first-order valence-corrected chi connectivity index (χ1v) is 9.29. The lowest BCUT2D eigenvalue weighted by Gasteiger charge is -2.18. The number of benzene rings is 2. The molecule has 0 aliphatic carbocycles. The highest BCUT2D eigenvalue weighted by atomic mass is 16.5. The average Bonchev–Trinajstić information content (AvgIpc) is 3.23. The van der Waals surface area contributed by atoms with E-state index in [0.717, 1.165) is 30.0 Å². The van der Waals surface area contributed by atoms with Gasteiger partial charge in [0.2, 0.25) is 0 Å². The van der Waals surface area contributed by atoms with Crippen LogP contribution in [0.4, 0.5) is 0 Å². The van der Waals surface area contributed by atoms with E-state index < -0.39 is 0 Å². The Balaban J connectivity index is 1.78. The Kier molecular flexibility index (Phi) is 6.32. The summed E-state index contributed by atoms with van der Waals surface area (Å²) in [6, 6.07) is 13.4. The van der Waals surface area contributed by atoms with E-state index in [0.29, 0.717) is 23.8 Å². The lowest BCUT2D eigenvalue weighted by atomic mass is 9.98. The van der Waals surface area contributed by atoms with Gasteiger partial charge in [-0.3, -0.25) is 15.6 Å². The molecule has 1 heterocycles. The summed E-state index contributed by atoms with van der Waals surface area (Å²) in [5.74, 6) is 1.61. The van der Waals surface area contributed by atoms with Crippen molar-refractivity contribution in [1.29, 1.82) is 0 Å². The fraction of sp³-hybridized carbons (Fsp3) is 0.381. The summed E-state index contributed by atoms with van der Waals surface area (Å²) in [6.45, 7) is 6.12. The van der Waals surface area contributed by atoms with Gasteiger partial charge in [0.15, 0.2) is 0 Å². The Bertz CT molecular complexity index is 788. The summed E-state index contributed by atoms with van der Waals surface area (Å²) in [5, 5.41) is 3.05. The molecule has 0 saturated carbocycles. The molecule has 0 bridgehead atoms. The molecule has 6 nitrogen and oxygen atoms in total. The number of hydrogen-bond acceptors (Lipinski definition) is 5. The topological polar surface area (TPSA) is 71.6 Å². The highest BCUT2D eigenvalue weighted by Crippen LogP contribution is 2.27. The highest BCUT2D eigenvalue weighted by Gasteiger charge is 2.21. The van der Waals surface area contributed by atoms with Crippen LogP contribution in [0.3, 0.4) is 0 Å². The van der Waals surface area contributed by atoms with Crippen LogP contribution in [0, 0.1) is 0 Å². The summed E-state index contributed by atoms with van der Waals surface area (Å²) in [4.78, 5) is 12.9. The fourth-order valence-corrected chi connectivity index (χ4v) is 3.22. The second-order valence-electron chi connectivity index (χ2n) is 6.62. The SMILES string of the molecule is CCOc1cc(C2CNNC2)ccc1C(=O)N[C@H](C)c1cccc(OC)c1. The third-order valence-corrected chi connectivity index (χ3v) is 4.78. The molecule has 2 aromatic rings. The van der Waals surface area contributed by atoms with Crippen LogP contribution in [0.2, 0.25) is 0 Å². The largest absolute Gasteiger partial charge is 0.497 e. The van der Waals surface area contributed by atoms with Gasteiger partial charge in [-0.1, -0.05) is 18.2 Å². The van der Waals surface area contributed by atoms with E-state index in [9.17, 15) is 4.79 Å². The van der Waals surface area contributed by atoms with Gasteiger partial charge in [0.1, 0.15) is 11.5 Å². The van der Waals surface area contributed by atoms with E-state index in [-0.39, 0.29) is 11.9 Å². The summed E-state index contributed by atoms with van der Waals surface area (Å²) in [6.07, 6.45) is 0. The maximum atomic E-state index is 12.9. The van der Waals surface area contributed by atoms with E-state index >= 15 is 0 Å². The molecule has 0 radical (unpaired) electrons. The van der Waals surface area contributed by atoms with Gasteiger partial charge in [-0.25, -0.2) is 0 Å². The second kappa shape index (κ2) is 8.88. The lowest BCUT2D eigenvalue weighted by Crippen LogP contribution is -2.27. The van der Waals surface area contributed by atoms with Crippen LogP contribution in [-0.4, -0.2) is 32.7 Å². The van der Waals surface area contributed by atoms with Crippen molar-refractivity contribution in [3.8, 4) is 11.5 Å². The van der Waals surface area contributed by atoms with Crippen molar-refractivity contribution in [1.82, 2.24) is 16.2 Å². The van der Waals surface area contributed by atoms with Crippen molar-refractivity contribution < 1.29 is 14.3 Å². The number of hydrazine groups is 1. The Morgan fingerprint density at radius 2 is 2.00 bits per heavy atom. The van der Waals surface area contributed by atoms with Gasteiger partial charge < -0.3 is 14.8 Å². The van der Waals surface area contributed by atoms with Crippen LogP contribution < -0.4 is 25.6 Å². The van der Waals surface area contributed by atoms with Crippen molar-refractivity contribution >= 4 is 5.91 Å². The molecular weight excluding hydrogens is 342 g/mol. The molecule has 3 rings (SSSR count). The molecule has 1 atom stereocenters. The maximum Gasteiger partial charge on any atom is 0.255 e. The lowest BCUT2D eigenvalue weighted by molar-refractivity contribution is 0.0936. The second-order valence-corrected chi connectivity index (χ2v) is 6.62. The number of ether oxygens (including phenoxy) is 2. The molecule has 27 heavy (non-hydrogen) atoms. The number of amides is 1. The first kappa shape index (κ1) is 19.2. The molecule has 1 amide bonds. The first-order chi connectivity index (χ1) is 13.1. The zero-order valence-corrected chi connectivity index (χ0v) is 16.0. The van der Waals surface area contributed by atoms with Crippen LogP contribution in [-0.2, 0) is 0 Å². The van der Waals surface area contributed by atoms with Gasteiger partial charge in [0.25, 0.3) is 5.91 Å². The summed E-state index contributed by atoms with van der Waals surface area (Å²) < 4.78 is 11.0. The Hall–Kier alpha value is -2.57. The van der Waals surface area contributed by atoms with Crippen molar-refractivity contribution in [2.75, 3.05) is 26.8 Å². The molecule has 6 heteroatoms. The third kappa shape index (κ3) is 4.59. The predicted molar refractivity (Wildman–Crippen MR) is 105 cm³/mol. The smallest absolute Gasteiger partial charge is 0.255 e. The number of carbonyl (C=O) groups is 1. The number of hydrogen-bond donors (Lipinski definition) is 3. The zero-order valence-electron chi connectivity index (χ0n) is 16.0. The van der Waals surface area contributed by atoms with Crippen molar-refractivity contribution in [3.05, 3.63) is 59.2 Å². The van der Waals surface area contributed by atoms with Crippen molar-refractivity contribution in [3.63, 3.8) is 0 Å². The normalized spacial score (nSPS) is 15.4. The van der Waals surface area contributed by atoms with Gasteiger partial charge in [0.05, 0.1) is 25.3 Å². The molecular formula is C21H27N3O3. The molecule has 144 valence electrons. The van der Waals surface area contributed by atoms with E-state index in [1.807, 2.05) is 56.3 Å². The summed E-state index contributed by atoms with van der Waals surface area (Å²) in [5.41, 5.74) is 8.96. The fourth-order valence-electron chi connectivity index (χ4n) is 3.22. The van der Waals surface area contributed by atoms with Crippen molar-refractivity contribution in [2.45, 2.75) is 25.8 Å². The molecule has 0 aromatic heterocycles. The van der Waals surface area contributed by atoms with Gasteiger partial charge >= 0.3 is 0 Å². The van der Waals surface area contributed by atoms with Crippen LogP contribution in [0.5, 0.6) is 11.5 Å². The van der Waals surface area contributed by atoms with E-state index in [4.69, 9.17) is 9.47 Å². The quantitative estimate of drug-likeness (QED) is 0.700. The van der Waals surface area contributed by atoms with Gasteiger partial charge in [-0.2, -0.15) is 0 Å². The van der Waals surface area contributed by atoms with Crippen LogP contribution >= 0.6 is 0 Å². The van der Waals surface area contributed by atoms with Crippen molar-refractivity contribution in [2.24, 2.45) is 0 Å². The van der Waals surface area contributed by atoms with Crippen LogP contribution in [0.15, 0.2) is 42.5 Å². The van der Waals surface area contributed by atoms with E-state index in [1.165, 1.54) is 0 Å². The zero-order chi connectivity index (χ0) is 19.2.